The molecule has 0 atom stereocenters. The molecular formula is C20H26N8O. The fourth-order valence-electron chi connectivity index (χ4n) is 3.04. The van der Waals surface area contributed by atoms with Crippen molar-refractivity contribution in [2.24, 2.45) is 0 Å². The molecule has 0 bridgehead atoms. The first kappa shape index (κ1) is 19.1. The summed E-state index contributed by atoms with van der Waals surface area (Å²) < 4.78 is 1.70. The van der Waals surface area contributed by atoms with E-state index in [1.807, 2.05) is 30.5 Å². The van der Waals surface area contributed by atoms with Gasteiger partial charge in [0.15, 0.2) is 5.65 Å². The number of fused-ring (bicyclic) bond motifs is 2. The van der Waals surface area contributed by atoms with Gasteiger partial charge in [-0.05, 0) is 31.9 Å². The van der Waals surface area contributed by atoms with Crippen molar-refractivity contribution in [3.05, 3.63) is 41.9 Å². The summed E-state index contributed by atoms with van der Waals surface area (Å²) in [7, 11) is 0. The summed E-state index contributed by atoms with van der Waals surface area (Å²) in [5.41, 5.74) is 2.81. The van der Waals surface area contributed by atoms with E-state index in [0.29, 0.717) is 25.0 Å². The van der Waals surface area contributed by atoms with Crippen LogP contribution in [0.25, 0.3) is 16.7 Å². The van der Waals surface area contributed by atoms with Crippen LogP contribution in [-0.4, -0.2) is 46.8 Å². The third-order valence-electron chi connectivity index (χ3n) is 4.55. The Bertz CT molecular complexity index is 1110. The van der Waals surface area contributed by atoms with Gasteiger partial charge in [0.25, 0.3) is 0 Å². The number of H-pyrrole nitrogens is 1. The Morgan fingerprint density at radius 3 is 2.66 bits per heavy atom. The monoisotopic (exact) mass is 394 g/mol. The normalized spacial score (nSPS) is 12.2. The first-order valence-electron chi connectivity index (χ1n) is 9.69. The predicted molar refractivity (Wildman–Crippen MR) is 113 cm³/mol. The summed E-state index contributed by atoms with van der Waals surface area (Å²) in [5, 5.41) is 20.9. The van der Waals surface area contributed by atoms with Crippen LogP contribution in [0.2, 0.25) is 0 Å². The quantitative estimate of drug-likeness (QED) is 0.381. The van der Waals surface area contributed by atoms with Gasteiger partial charge in [0.05, 0.1) is 29.4 Å². The zero-order valence-electron chi connectivity index (χ0n) is 17.1. The minimum absolute atomic E-state index is 0.271. The summed E-state index contributed by atoms with van der Waals surface area (Å²) in [6.07, 6.45) is 1.82. The number of aromatic amines is 1. The molecule has 1 aromatic carbocycles. The average Bonchev–Trinajstić information content (AvgIpc) is 3.27. The number of imidazole rings is 1. The molecule has 0 aliphatic rings. The average molecular weight is 394 g/mol. The van der Waals surface area contributed by atoms with Gasteiger partial charge in [0.2, 0.25) is 11.9 Å². The van der Waals surface area contributed by atoms with Crippen LogP contribution in [0.1, 0.15) is 45.0 Å². The van der Waals surface area contributed by atoms with E-state index in [1.54, 1.807) is 18.4 Å². The van der Waals surface area contributed by atoms with Crippen molar-refractivity contribution < 1.29 is 5.11 Å². The standard InChI is InChI=1S/C20H26N8O/c1-12(2)13-9-23-28-17(13)26-18(22-11-20(3,4)29)27-19(28)21-10-16-24-14-7-5-6-8-15(14)25-16/h5-9,12,29H,10-11H2,1-4H3,(H,24,25)(H2,21,22,26,27). The fraction of sp³-hybridized carbons (Fsp3) is 0.400. The lowest BCUT2D eigenvalue weighted by Crippen LogP contribution is -2.30. The van der Waals surface area contributed by atoms with Crippen molar-refractivity contribution in [2.75, 3.05) is 17.2 Å². The van der Waals surface area contributed by atoms with Crippen molar-refractivity contribution in [3.63, 3.8) is 0 Å². The molecule has 0 spiro atoms. The first-order valence-corrected chi connectivity index (χ1v) is 9.69. The number of hydrogen-bond donors (Lipinski definition) is 4. The van der Waals surface area contributed by atoms with Gasteiger partial charge in [-0.15, -0.1) is 0 Å². The van der Waals surface area contributed by atoms with Gasteiger partial charge in [0.1, 0.15) is 5.82 Å². The smallest absolute Gasteiger partial charge is 0.229 e. The Morgan fingerprint density at radius 1 is 1.14 bits per heavy atom. The maximum Gasteiger partial charge on any atom is 0.229 e. The Morgan fingerprint density at radius 2 is 1.93 bits per heavy atom. The molecule has 9 heteroatoms. The predicted octanol–water partition coefficient (Wildman–Crippen LogP) is 2.92. The second-order valence-electron chi connectivity index (χ2n) is 8.08. The number of benzene rings is 1. The molecule has 0 amide bonds. The zero-order chi connectivity index (χ0) is 20.6. The van der Waals surface area contributed by atoms with Crippen LogP contribution in [0.4, 0.5) is 11.9 Å². The van der Waals surface area contributed by atoms with E-state index in [-0.39, 0.29) is 5.92 Å². The SMILES string of the molecule is CC(C)c1cnn2c(NCc3nc4ccccc4[nH]3)nc(NCC(C)(C)O)nc12. The molecule has 0 unspecified atom stereocenters. The summed E-state index contributed by atoms with van der Waals surface area (Å²) in [4.78, 5) is 17.1. The van der Waals surface area contributed by atoms with Gasteiger partial charge in [-0.25, -0.2) is 4.98 Å². The topological polar surface area (TPSA) is 116 Å². The van der Waals surface area contributed by atoms with E-state index in [1.165, 1.54) is 0 Å². The Labute approximate surface area is 168 Å². The second kappa shape index (κ2) is 7.32. The summed E-state index contributed by atoms with van der Waals surface area (Å²) in [6.45, 7) is 8.46. The molecule has 0 saturated carbocycles. The number of hydrogen-bond acceptors (Lipinski definition) is 7. The molecule has 0 fully saturated rings. The Hall–Kier alpha value is -3.20. The van der Waals surface area contributed by atoms with Gasteiger partial charge >= 0.3 is 0 Å². The van der Waals surface area contributed by atoms with Crippen molar-refractivity contribution in [1.82, 2.24) is 29.5 Å². The number of nitrogens with zero attached hydrogens (tertiary/aromatic N) is 5. The van der Waals surface area contributed by atoms with Crippen LogP contribution >= 0.6 is 0 Å². The number of aliphatic hydroxyl groups is 1. The second-order valence-corrected chi connectivity index (χ2v) is 8.08. The molecule has 29 heavy (non-hydrogen) atoms. The molecule has 0 aliphatic heterocycles. The van der Waals surface area contributed by atoms with Crippen LogP contribution in [-0.2, 0) is 6.54 Å². The van der Waals surface area contributed by atoms with Crippen LogP contribution in [0.3, 0.4) is 0 Å². The number of para-hydroxylation sites is 2. The maximum atomic E-state index is 10.0. The van der Waals surface area contributed by atoms with E-state index in [0.717, 1.165) is 28.1 Å². The highest BCUT2D eigenvalue weighted by atomic mass is 16.3. The van der Waals surface area contributed by atoms with Crippen LogP contribution in [0, 0.1) is 0 Å². The minimum atomic E-state index is -0.877. The van der Waals surface area contributed by atoms with Gasteiger partial charge in [-0.1, -0.05) is 26.0 Å². The molecule has 4 aromatic rings. The highest BCUT2D eigenvalue weighted by Crippen LogP contribution is 2.22. The van der Waals surface area contributed by atoms with Gasteiger partial charge in [-0.3, -0.25) is 0 Å². The van der Waals surface area contributed by atoms with E-state index in [4.69, 9.17) is 0 Å². The van der Waals surface area contributed by atoms with Gasteiger partial charge < -0.3 is 20.7 Å². The zero-order valence-corrected chi connectivity index (χ0v) is 17.1. The van der Waals surface area contributed by atoms with Crippen molar-refractivity contribution in [2.45, 2.75) is 45.8 Å². The lowest BCUT2D eigenvalue weighted by atomic mass is 10.1. The minimum Gasteiger partial charge on any atom is -0.389 e. The fourth-order valence-corrected chi connectivity index (χ4v) is 3.04. The van der Waals surface area contributed by atoms with Gasteiger partial charge in [-0.2, -0.15) is 19.6 Å². The van der Waals surface area contributed by atoms with Crippen molar-refractivity contribution in [1.29, 1.82) is 0 Å². The highest BCUT2D eigenvalue weighted by molar-refractivity contribution is 5.74. The maximum absolute atomic E-state index is 10.0. The summed E-state index contributed by atoms with van der Waals surface area (Å²) in [5.74, 6) is 2.07. The molecule has 3 heterocycles. The molecule has 0 saturated heterocycles. The highest BCUT2D eigenvalue weighted by Gasteiger charge is 2.17. The molecule has 0 radical (unpaired) electrons. The van der Waals surface area contributed by atoms with Crippen molar-refractivity contribution in [3.8, 4) is 0 Å². The van der Waals surface area contributed by atoms with E-state index >= 15 is 0 Å². The largest absolute Gasteiger partial charge is 0.389 e. The Balaban J connectivity index is 1.65. The van der Waals surface area contributed by atoms with Crippen molar-refractivity contribution >= 4 is 28.6 Å². The lowest BCUT2D eigenvalue weighted by molar-refractivity contribution is 0.0943. The lowest BCUT2D eigenvalue weighted by Gasteiger charge is -2.18. The van der Waals surface area contributed by atoms with Crippen LogP contribution in [0.5, 0.6) is 0 Å². The molecule has 9 nitrogen and oxygen atoms in total. The first-order chi connectivity index (χ1) is 13.8. The summed E-state index contributed by atoms with van der Waals surface area (Å²) in [6, 6.07) is 7.91. The Kier molecular flexibility index (Phi) is 4.83. The molecule has 0 aliphatic carbocycles. The molecule has 3 aromatic heterocycles. The number of nitrogens with one attached hydrogen (secondary N) is 3. The van der Waals surface area contributed by atoms with Crippen LogP contribution in [0.15, 0.2) is 30.5 Å². The molecule has 4 rings (SSSR count). The number of anilines is 2. The van der Waals surface area contributed by atoms with E-state index in [9.17, 15) is 5.11 Å². The molecule has 152 valence electrons. The van der Waals surface area contributed by atoms with E-state index in [2.05, 4.69) is 49.5 Å². The number of aromatic nitrogens is 6. The molecular weight excluding hydrogens is 368 g/mol. The third-order valence-corrected chi connectivity index (χ3v) is 4.55. The third kappa shape index (κ3) is 4.14. The van der Waals surface area contributed by atoms with Crippen LogP contribution < -0.4 is 10.6 Å². The summed E-state index contributed by atoms with van der Waals surface area (Å²) >= 11 is 0. The van der Waals surface area contributed by atoms with E-state index < -0.39 is 5.60 Å². The number of rotatable bonds is 7. The molecule has 4 N–H and O–H groups in total. The van der Waals surface area contributed by atoms with Gasteiger partial charge in [0, 0.05) is 12.1 Å².